The molecule has 0 spiro atoms. The monoisotopic (exact) mass is 254 g/mol. The second kappa shape index (κ2) is 3.92. The van der Waals surface area contributed by atoms with Gasteiger partial charge in [-0.25, -0.2) is 9.37 Å². The van der Waals surface area contributed by atoms with Crippen LogP contribution in [0.25, 0.3) is 0 Å². The Bertz CT molecular complexity index is 426. The van der Waals surface area contributed by atoms with E-state index in [1.807, 2.05) is 16.8 Å². The number of halogens is 2. The number of hydrogen-bond acceptors (Lipinski definition) is 1. The van der Waals surface area contributed by atoms with Crippen molar-refractivity contribution in [2.75, 3.05) is 0 Å². The standard InChI is InChI=1S/C10H8BrFN2/c11-9-2-1-8(10(12)5-9)6-14-4-3-13-7-14/h1-5,7H,6H2. The first-order valence-electron chi connectivity index (χ1n) is 4.15. The number of imidazole rings is 1. The lowest BCUT2D eigenvalue weighted by atomic mass is 10.2. The Morgan fingerprint density at radius 1 is 1.43 bits per heavy atom. The third-order valence-corrected chi connectivity index (χ3v) is 2.42. The zero-order valence-electron chi connectivity index (χ0n) is 7.32. The van der Waals surface area contributed by atoms with E-state index in [2.05, 4.69) is 20.9 Å². The van der Waals surface area contributed by atoms with Crippen LogP contribution in [0.5, 0.6) is 0 Å². The number of nitrogens with zero attached hydrogens (tertiary/aromatic N) is 2. The molecule has 2 rings (SSSR count). The molecule has 0 bridgehead atoms. The van der Waals surface area contributed by atoms with Gasteiger partial charge in [0, 0.05) is 22.4 Å². The normalized spacial score (nSPS) is 10.4. The van der Waals surface area contributed by atoms with Gasteiger partial charge in [-0.05, 0) is 12.1 Å². The molecule has 0 atom stereocenters. The first-order valence-corrected chi connectivity index (χ1v) is 4.94. The molecule has 72 valence electrons. The van der Waals surface area contributed by atoms with E-state index >= 15 is 0 Å². The van der Waals surface area contributed by atoms with E-state index in [0.717, 1.165) is 4.47 Å². The minimum absolute atomic E-state index is 0.201. The molecule has 0 saturated carbocycles. The summed E-state index contributed by atoms with van der Waals surface area (Å²) in [6.45, 7) is 0.513. The van der Waals surface area contributed by atoms with Crippen molar-refractivity contribution in [3.05, 3.63) is 52.8 Å². The van der Waals surface area contributed by atoms with Gasteiger partial charge in [0.1, 0.15) is 5.82 Å². The molecule has 0 fully saturated rings. The van der Waals surface area contributed by atoms with Crippen molar-refractivity contribution in [3.8, 4) is 0 Å². The van der Waals surface area contributed by atoms with Crippen molar-refractivity contribution in [3.63, 3.8) is 0 Å². The quantitative estimate of drug-likeness (QED) is 0.806. The Balaban J connectivity index is 2.25. The molecule has 0 amide bonds. The summed E-state index contributed by atoms with van der Waals surface area (Å²) in [6.07, 6.45) is 5.15. The maximum Gasteiger partial charge on any atom is 0.129 e. The molecule has 0 N–H and O–H groups in total. The van der Waals surface area contributed by atoms with Crippen molar-refractivity contribution in [1.29, 1.82) is 0 Å². The SMILES string of the molecule is Fc1cc(Br)ccc1Cn1ccnc1. The predicted octanol–water partition coefficient (Wildman–Crippen LogP) is 2.83. The number of hydrogen-bond donors (Lipinski definition) is 0. The summed E-state index contributed by atoms with van der Waals surface area (Å²) < 4.78 is 16.0. The van der Waals surface area contributed by atoms with Crippen molar-refractivity contribution in [2.45, 2.75) is 6.54 Å². The van der Waals surface area contributed by atoms with Crippen molar-refractivity contribution in [1.82, 2.24) is 9.55 Å². The Labute approximate surface area is 89.5 Å². The summed E-state index contributed by atoms with van der Waals surface area (Å²) in [5.41, 5.74) is 0.659. The van der Waals surface area contributed by atoms with Crippen molar-refractivity contribution >= 4 is 15.9 Å². The van der Waals surface area contributed by atoms with Gasteiger partial charge < -0.3 is 4.57 Å². The van der Waals surface area contributed by atoms with Crippen LogP contribution in [0, 0.1) is 5.82 Å². The molecule has 4 heteroatoms. The predicted molar refractivity (Wildman–Crippen MR) is 55.4 cm³/mol. The van der Waals surface area contributed by atoms with Gasteiger partial charge in [0.05, 0.1) is 12.9 Å². The Kier molecular flexibility index (Phi) is 2.63. The fraction of sp³-hybridized carbons (Fsp3) is 0.100. The number of benzene rings is 1. The van der Waals surface area contributed by atoms with Crippen LogP contribution in [0.3, 0.4) is 0 Å². The fourth-order valence-corrected chi connectivity index (χ4v) is 1.56. The first kappa shape index (κ1) is 9.40. The molecule has 0 aliphatic heterocycles. The van der Waals surface area contributed by atoms with Crippen LogP contribution in [0.2, 0.25) is 0 Å². The smallest absolute Gasteiger partial charge is 0.129 e. The van der Waals surface area contributed by atoms with Gasteiger partial charge in [-0.3, -0.25) is 0 Å². The van der Waals surface area contributed by atoms with Crippen LogP contribution in [-0.4, -0.2) is 9.55 Å². The zero-order valence-corrected chi connectivity index (χ0v) is 8.91. The molecule has 1 heterocycles. The summed E-state index contributed by atoms with van der Waals surface area (Å²) in [7, 11) is 0. The van der Waals surface area contributed by atoms with Crippen molar-refractivity contribution < 1.29 is 4.39 Å². The summed E-state index contributed by atoms with van der Waals surface area (Å²) in [5.74, 6) is -0.201. The molecular formula is C10H8BrFN2. The molecule has 0 aliphatic carbocycles. The van der Waals surface area contributed by atoms with E-state index in [-0.39, 0.29) is 5.82 Å². The molecular weight excluding hydrogens is 247 g/mol. The molecule has 2 aromatic rings. The average Bonchev–Trinajstić information content (AvgIpc) is 2.62. The molecule has 0 saturated heterocycles. The Morgan fingerprint density at radius 2 is 2.29 bits per heavy atom. The topological polar surface area (TPSA) is 17.8 Å². The highest BCUT2D eigenvalue weighted by atomic mass is 79.9. The van der Waals surface area contributed by atoms with Gasteiger partial charge in [-0.1, -0.05) is 22.0 Å². The lowest BCUT2D eigenvalue weighted by Gasteiger charge is -2.04. The van der Waals surface area contributed by atoms with E-state index in [0.29, 0.717) is 12.1 Å². The molecule has 14 heavy (non-hydrogen) atoms. The van der Waals surface area contributed by atoms with Crippen molar-refractivity contribution in [2.24, 2.45) is 0 Å². The first-order chi connectivity index (χ1) is 6.75. The lowest BCUT2D eigenvalue weighted by Crippen LogP contribution is -1.99. The largest absolute Gasteiger partial charge is 0.333 e. The van der Waals surface area contributed by atoms with Crippen LogP contribution < -0.4 is 0 Å². The van der Waals surface area contributed by atoms with E-state index in [1.54, 1.807) is 18.6 Å². The van der Waals surface area contributed by atoms with Gasteiger partial charge in [-0.15, -0.1) is 0 Å². The fourth-order valence-electron chi connectivity index (χ4n) is 1.23. The summed E-state index contributed by atoms with van der Waals surface area (Å²) in [6, 6.07) is 5.06. The molecule has 1 aromatic carbocycles. The summed E-state index contributed by atoms with van der Waals surface area (Å²) in [4.78, 5) is 3.90. The zero-order chi connectivity index (χ0) is 9.97. The van der Waals surface area contributed by atoms with Crippen LogP contribution in [0.4, 0.5) is 4.39 Å². The highest BCUT2D eigenvalue weighted by Gasteiger charge is 2.02. The van der Waals surface area contributed by atoms with E-state index in [4.69, 9.17) is 0 Å². The maximum absolute atomic E-state index is 13.4. The third-order valence-electron chi connectivity index (χ3n) is 1.93. The molecule has 0 aliphatic rings. The number of aromatic nitrogens is 2. The minimum Gasteiger partial charge on any atom is -0.333 e. The van der Waals surface area contributed by atoms with Crippen LogP contribution in [0.15, 0.2) is 41.4 Å². The van der Waals surface area contributed by atoms with E-state index in [9.17, 15) is 4.39 Å². The molecule has 0 unspecified atom stereocenters. The second-order valence-electron chi connectivity index (χ2n) is 2.97. The molecule has 1 aromatic heterocycles. The van der Waals surface area contributed by atoms with Gasteiger partial charge in [0.25, 0.3) is 0 Å². The highest BCUT2D eigenvalue weighted by Crippen LogP contribution is 2.15. The third kappa shape index (κ3) is 2.01. The van der Waals surface area contributed by atoms with Gasteiger partial charge in [-0.2, -0.15) is 0 Å². The van der Waals surface area contributed by atoms with Crippen LogP contribution in [-0.2, 0) is 6.54 Å². The second-order valence-corrected chi connectivity index (χ2v) is 3.89. The van der Waals surface area contributed by atoms with Gasteiger partial charge in [0.15, 0.2) is 0 Å². The lowest BCUT2D eigenvalue weighted by molar-refractivity contribution is 0.598. The van der Waals surface area contributed by atoms with Gasteiger partial charge >= 0.3 is 0 Å². The minimum atomic E-state index is -0.201. The van der Waals surface area contributed by atoms with E-state index in [1.165, 1.54) is 6.07 Å². The Hall–Kier alpha value is -1.16. The van der Waals surface area contributed by atoms with E-state index < -0.39 is 0 Å². The highest BCUT2D eigenvalue weighted by molar-refractivity contribution is 9.10. The summed E-state index contributed by atoms with van der Waals surface area (Å²) >= 11 is 3.22. The van der Waals surface area contributed by atoms with Gasteiger partial charge in [0.2, 0.25) is 0 Å². The van der Waals surface area contributed by atoms with Crippen LogP contribution in [0.1, 0.15) is 5.56 Å². The molecule has 2 nitrogen and oxygen atoms in total. The van der Waals surface area contributed by atoms with Crippen LogP contribution >= 0.6 is 15.9 Å². The maximum atomic E-state index is 13.4. The number of rotatable bonds is 2. The summed E-state index contributed by atoms with van der Waals surface area (Å²) in [5, 5.41) is 0. The average molecular weight is 255 g/mol. The Morgan fingerprint density at radius 3 is 2.93 bits per heavy atom. The molecule has 0 radical (unpaired) electrons.